The van der Waals surface area contributed by atoms with E-state index < -0.39 is 42.5 Å². The lowest BCUT2D eigenvalue weighted by atomic mass is 10.0. The molecule has 150 valence electrons. The van der Waals surface area contributed by atoms with Gasteiger partial charge in [0.1, 0.15) is 12.1 Å². The van der Waals surface area contributed by atoms with Gasteiger partial charge >= 0.3 is 12.0 Å². The number of amides is 4. The SMILES string of the molecule is CC1(C)NC(=O)N(CC(=O)OCC(=O)Nc2ccccc2-c2ccccc2)C1=O. The van der Waals surface area contributed by atoms with Crippen LogP contribution in [0, 0.1) is 0 Å². The number of urea groups is 1. The lowest BCUT2D eigenvalue weighted by Crippen LogP contribution is -2.41. The second-order valence-corrected chi connectivity index (χ2v) is 7.07. The molecule has 0 aliphatic carbocycles. The molecule has 1 heterocycles. The van der Waals surface area contributed by atoms with Crippen molar-refractivity contribution < 1.29 is 23.9 Å². The zero-order chi connectivity index (χ0) is 21.0. The van der Waals surface area contributed by atoms with Crippen molar-refractivity contribution >= 4 is 29.5 Å². The molecule has 29 heavy (non-hydrogen) atoms. The number of hydrogen-bond acceptors (Lipinski definition) is 5. The highest BCUT2D eigenvalue weighted by Crippen LogP contribution is 2.27. The van der Waals surface area contributed by atoms with Crippen LogP contribution >= 0.6 is 0 Å². The molecule has 8 nitrogen and oxygen atoms in total. The van der Waals surface area contributed by atoms with E-state index >= 15 is 0 Å². The van der Waals surface area contributed by atoms with Gasteiger partial charge in [0.15, 0.2) is 6.61 Å². The number of benzene rings is 2. The molecule has 1 aliphatic rings. The first-order valence-corrected chi connectivity index (χ1v) is 9.02. The topological polar surface area (TPSA) is 105 Å². The Morgan fingerprint density at radius 1 is 1.03 bits per heavy atom. The number of carbonyl (C=O) groups is 4. The minimum atomic E-state index is -1.07. The molecule has 2 N–H and O–H groups in total. The highest BCUT2D eigenvalue weighted by Gasteiger charge is 2.45. The lowest BCUT2D eigenvalue weighted by molar-refractivity contribution is -0.150. The maximum atomic E-state index is 12.2. The number of hydrogen-bond donors (Lipinski definition) is 2. The van der Waals surface area contributed by atoms with Crippen molar-refractivity contribution in [3.8, 4) is 11.1 Å². The fourth-order valence-electron chi connectivity index (χ4n) is 2.93. The Morgan fingerprint density at radius 3 is 2.34 bits per heavy atom. The first-order valence-electron chi connectivity index (χ1n) is 9.02. The largest absolute Gasteiger partial charge is 0.454 e. The van der Waals surface area contributed by atoms with Crippen molar-refractivity contribution in [3.63, 3.8) is 0 Å². The monoisotopic (exact) mass is 395 g/mol. The Labute approximate surface area is 167 Å². The van der Waals surface area contributed by atoms with E-state index in [2.05, 4.69) is 10.6 Å². The highest BCUT2D eigenvalue weighted by atomic mass is 16.5. The number of nitrogens with zero attached hydrogens (tertiary/aromatic N) is 1. The summed E-state index contributed by atoms with van der Waals surface area (Å²) in [6.45, 7) is 1.99. The number of para-hydroxylation sites is 1. The van der Waals surface area contributed by atoms with Crippen LogP contribution in [0.25, 0.3) is 11.1 Å². The third-order valence-corrected chi connectivity index (χ3v) is 4.38. The molecule has 0 spiro atoms. The Morgan fingerprint density at radius 2 is 1.69 bits per heavy atom. The Hall–Kier alpha value is -3.68. The number of rotatable bonds is 6. The summed E-state index contributed by atoms with van der Waals surface area (Å²) in [5.74, 6) is -1.90. The third-order valence-electron chi connectivity index (χ3n) is 4.38. The van der Waals surface area contributed by atoms with Crippen LogP contribution in [0.5, 0.6) is 0 Å². The van der Waals surface area contributed by atoms with Crippen LogP contribution in [0.3, 0.4) is 0 Å². The molecule has 2 aromatic carbocycles. The predicted molar refractivity (Wildman–Crippen MR) is 106 cm³/mol. The number of ether oxygens (including phenoxy) is 1. The summed E-state index contributed by atoms with van der Waals surface area (Å²) in [5.41, 5.74) is 1.27. The number of esters is 1. The molecule has 1 saturated heterocycles. The van der Waals surface area contributed by atoms with E-state index in [0.717, 1.165) is 16.0 Å². The van der Waals surface area contributed by atoms with Crippen LogP contribution < -0.4 is 10.6 Å². The van der Waals surface area contributed by atoms with Gasteiger partial charge in [0.2, 0.25) is 0 Å². The highest BCUT2D eigenvalue weighted by molar-refractivity contribution is 6.08. The van der Waals surface area contributed by atoms with Crippen LogP contribution in [0.15, 0.2) is 54.6 Å². The van der Waals surface area contributed by atoms with Gasteiger partial charge in [-0.25, -0.2) is 4.79 Å². The molecule has 8 heteroatoms. The number of imide groups is 1. The molecule has 1 fully saturated rings. The van der Waals surface area contributed by atoms with Crippen molar-refractivity contribution in [1.29, 1.82) is 0 Å². The van der Waals surface area contributed by atoms with Crippen molar-refractivity contribution in [3.05, 3.63) is 54.6 Å². The van der Waals surface area contributed by atoms with Crippen molar-refractivity contribution in [2.45, 2.75) is 19.4 Å². The predicted octanol–water partition coefficient (Wildman–Crippen LogP) is 2.17. The number of nitrogens with one attached hydrogen (secondary N) is 2. The smallest absolute Gasteiger partial charge is 0.326 e. The molecular weight excluding hydrogens is 374 g/mol. The summed E-state index contributed by atoms with van der Waals surface area (Å²) in [6, 6.07) is 16.1. The molecule has 0 radical (unpaired) electrons. The van der Waals surface area contributed by atoms with Gasteiger partial charge in [-0.3, -0.25) is 19.3 Å². The fourth-order valence-corrected chi connectivity index (χ4v) is 2.93. The standard InChI is InChI=1S/C21H21N3O5/c1-21(2)19(27)24(20(28)23-21)12-18(26)29-13-17(25)22-16-11-7-6-10-15(16)14-8-4-3-5-9-14/h3-11H,12-13H2,1-2H3,(H,22,25)(H,23,28). The van der Waals surface area contributed by atoms with E-state index in [9.17, 15) is 19.2 Å². The molecule has 4 amide bonds. The summed E-state index contributed by atoms with van der Waals surface area (Å²) < 4.78 is 4.92. The fraction of sp³-hybridized carbons (Fsp3) is 0.238. The first-order chi connectivity index (χ1) is 13.8. The van der Waals surface area contributed by atoms with Crippen LogP contribution in [0.4, 0.5) is 10.5 Å². The average molecular weight is 395 g/mol. The first kappa shape index (κ1) is 20.1. The normalized spacial score (nSPS) is 15.0. The van der Waals surface area contributed by atoms with Gasteiger partial charge in [0, 0.05) is 11.3 Å². The van der Waals surface area contributed by atoms with Crippen molar-refractivity contribution in [2.24, 2.45) is 0 Å². The van der Waals surface area contributed by atoms with Crippen LogP contribution in [-0.2, 0) is 19.1 Å². The maximum absolute atomic E-state index is 12.2. The van der Waals surface area contributed by atoms with Crippen LogP contribution in [0.1, 0.15) is 13.8 Å². The van der Waals surface area contributed by atoms with E-state index in [-0.39, 0.29) is 0 Å². The van der Waals surface area contributed by atoms with Crippen molar-refractivity contribution in [2.75, 3.05) is 18.5 Å². The number of carbonyl (C=O) groups excluding carboxylic acids is 4. The van der Waals surface area contributed by atoms with E-state index in [1.807, 2.05) is 42.5 Å². The second kappa shape index (κ2) is 8.14. The van der Waals surface area contributed by atoms with Crippen molar-refractivity contribution in [1.82, 2.24) is 10.2 Å². The maximum Gasteiger partial charge on any atom is 0.326 e. The third kappa shape index (κ3) is 4.60. The van der Waals surface area contributed by atoms with Gasteiger partial charge in [-0.1, -0.05) is 48.5 Å². The minimum absolute atomic E-state index is 0.527. The van der Waals surface area contributed by atoms with Gasteiger partial charge in [0.25, 0.3) is 11.8 Å². The molecular formula is C21H21N3O5. The molecule has 0 atom stereocenters. The average Bonchev–Trinajstić information content (AvgIpc) is 2.89. The zero-order valence-corrected chi connectivity index (χ0v) is 16.1. The summed E-state index contributed by atoms with van der Waals surface area (Å²) in [7, 11) is 0. The minimum Gasteiger partial charge on any atom is -0.454 e. The lowest BCUT2D eigenvalue weighted by Gasteiger charge is -2.15. The Balaban J connectivity index is 1.57. The quantitative estimate of drug-likeness (QED) is 0.576. The molecule has 0 aromatic heterocycles. The Kier molecular flexibility index (Phi) is 5.63. The second-order valence-electron chi connectivity index (χ2n) is 7.07. The van der Waals surface area contributed by atoms with E-state index in [1.165, 1.54) is 13.8 Å². The Bertz CT molecular complexity index is 956. The van der Waals surface area contributed by atoms with Crippen LogP contribution in [0.2, 0.25) is 0 Å². The summed E-state index contributed by atoms with van der Waals surface area (Å²) in [5, 5.41) is 5.18. The zero-order valence-electron chi connectivity index (χ0n) is 16.1. The van der Waals surface area contributed by atoms with E-state index in [0.29, 0.717) is 5.69 Å². The molecule has 2 aromatic rings. The molecule has 3 rings (SSSR count). The van der Waals surface area contributed by atoms with Gasteiger partial charge in [-0.15, -0.1) is 0 Å². The molecule has 0 saturated carbocycles. The molecule has 0 bridgehead atoms. The van der Waals surface area contributed by atoms with E-state index in [4.69, 9.17) is 4.74 Å². The molecule has 1 aliphatic heterocycles. The van der Waals surface area contributed by atoms with Gasteiger partial charge < -0.3 is 15.4 Å². The molecule has 0 unspecified atom stereocenters. The van der Waals surface area contributed by atoms with E-state index in [1.54, 1.807) is 12.1 Å². The summed E-state index contributed by atoms with van der Waals surface area (Å²) in [6.07, 6.45) is 0. The van der Waals surface area contributed by atoms with Gasteiger partial charge in [0.05, 0.1) is 0 Å². The summed E-state index contributed by atoms with van der Waals surface area (Å²) in [4.78, 5) is 48.8. The van der Waals surface area contributed by atoms with Gasteiger partial charge in [-0.2, -0.15) is 0 Å². The number of anilines is 1. The van der Waals surface area contributed by atoms with Crippen LogP contribution in [-0.4, -0.2) is 47.4 Å². The summed E-state index contributed by atoms with van der Waals surface area (Å²) >= 11 is 0. The van der Waals surface area contributed by atoms with Gasteiger partial charge in [-0.05, 0) is 25.5 Å².